The summed E-state index contributed by atoms with van der Waals surface area (Å²) in [5.41, 5.74) is 19.8. The van der Waals surface area contributed by atoms with E-state index in [9.17, 15) is 0 Å². The first-order valence-electron chi connectivity index (χ1n) is 12.2. The summed E-state index contributed by atoms with van der Waals surface area (Å²) in [6.45, 7) is 5.22. The smallest absolute Gasteiger partial charge is 0.152 e. The number of unbranched alkanes of at least 4 members (excludes halogenated alkanes) is 1. The van der Waals surface area contributed by atoms with Crippen LogP contribution in [-0.4, -0.2) is 14.5 Å². The fourth-order valence-electron chi connectivity index (χ4n) is 4.44. The second-order valence-corrected chi connectivity index (χ2v) is 9.90. The van der Waals surface area contributed by atoms with Gasteiger partial charge in [-0.1, -0.05) is 61.9 Å². The summed E-state index contributed by atoms with van der Waals surface area (Å²) in [7, 11) is 0. The number of hydrogen-bond acceptors (Lipinski definition) is 6. The summed E-state index contributed by atoms with van der Waals surface area (Å²) in [6, 6.07) is 19.3. The van der Waals surface area contributed by atoms with E-state index < -0.39 is 0 Å². The van der Waals surface area contributed by atoms with E-state index in [2.05, 4.69) is 75.7 Å². The zero-order chi connectivity index (χ0) is 24.2. The Kier molecular flexibility index (Phi) is 7.08. The predicted octanol–water partition coefficient (Wildman–Crippen LogP) is 5.37. The monoisotopic (exact) mass is 484 g/mol. The Bertz CT molecular complexity index is 1420. The molecule has 35 heavy (non-hydrogen) atoms. The van der Waals surface area contributed by atoms with Crippen LogP contribution in [0.2, 0.25) is 0 Å². The molecule has 0 aliphatic rings. The van der Waals surface area contributed by atoms with Crippen molar-refractivity contribution in [2.45, 2.75) is 52.4 Å². The van der Waals surface area contributed by atoms with Gasteiger partial charge < -0.3 is 21.4 Å². The molecule has 0 atom stereocenters. The van der Waals surface area contributed by atoms with Crippen molar-refractivity contribution in [3.05, 3.63) is 88.1 Å². The fraction of sp³-hybridized carbons (Fsp3) is 0.286. The SMILES string of the molecule is CCCCc1nc2c(N)nc3ccsc3c2n1Cc1ccc(CNCc2ccc(CN)cc2)cc1. The van der Waals surface area contributed by atoms with Crippen LogP contribution in [0.1, 0.15) is 47.8 Å². The summed E-state index contributed by atoms with van der Waals surface area (Å²) >= 11 is 1.71. The minimum Gasteiger partial charge on any atom is -0.382 e. The molecule has 6 nitrogen and oxygen atoms in total. The van der Waals surface area contributed by atoms with Gasteiger partial charge in [-0.05, 0) is 40.1 Å². The molecule has 2 aromatic carbocycles. The molecule has 0 saturated heterocycles. The van der Waals surface area contributed by atoms with E-state index in [1.54, 1.807) is 11.3 Å². The van der Waals surface area contributed by atoms with Gasteiger partial charge in [-0.15, -0.1) is 11.3 Å². The first-order chi connectivity index (χ1) is 17.2. The number of nitrogens with zero attached hydrogens (tertiary/aromatic N) is 3. The average molecular weight is 485 g/mol. The van der Waals surface area contributed by atoms with Crippen molar-refractivity contribution in [3.8, 4) is 0 Å². The predicted molar refractivity (Wildman–Crippen MR) is 146 cm³/mol. The summed E-state index contributed by atoms with van der Waals surface area (Å²) in [5.74, 6) is 1.60. The van der Waals surface area contributed by atoms with Gasteiger partial charge >= 0.3 is 0 Å². The lowest BCUT2D eigenvalue weighted by molar-refractivity contribution is 0.686. The van der Waals surface area contributed by atoms with Crippen LogP contribution in [0.25, 0.3) is 21.3 Å². The molecule has 0 bridgehead atoms. The molecule has 0 saturated carbocycles. The van der Waals surface area contributed by atoms with Crippen LogP contribution in [0.3, 0.4) is 0 Å². The maximum Gasteiger partial charge on any atom is 0.152 e. The molecule has 5 aromatic rings. The van der Waals surface area contributed by atoms with E-state index in [-0.39, 0.29) is 0 Å². The van der Waals surface area contributed by atoms with E-state index in [1.165, 1.54) is 16.7 Å². The molecule has 0 fully saturated rings. The van der Waals surface area contributed by atoms with E-state index in [0.29, 0.717) is 12.4 Å². The van der Waals surface area contributed by atoms with Crippen LogP contribution in [0.5, 0.6) is 0 Å². The normalized spacial score (nSPS) is 11.6. The van der Waals surface area contributed by atoms with Gasteiger partial charge in [0.15, 0.2) is 5.82 Å². The third-order valence-corrected chi connectivity index (χ3v) is 7.33. The number of nitrogens with two attached hydrogens (primary N) is 2. The molecule has 0 radical (unpaired) electrons. The number of anilines is 1. The minimum absolute atomic E-state index is 0.515. The summed E-state index contributed by atoms with van der Waals surface area (Å²) in [5, 5.41) is 5.61. The van der Waals surface area contributed by atoms with Crippen LogP contribution < -0.4 is 16.8 Å². The Labute approximate surface area is 210 Å². The second-order valence-electron chi connectivity index (χ2n) is 8.99. The van der Waals surface area contributed by atoms with Crippen molar-refractivity contribution in [3.63, 3.8) is 0 Å². The van der Waals surface area contributed by atoms with Crippen molar-refractivity contribution >= 4 is 38.4 Å². The van der Waals surface area contributed by atoms with E-state index in [1.807, 2.05) is 6.07 Å². The molecule has 0 aliphatic carbocycles. The first kappa shape index (κ1) is 23.5. The second kappa shape index (κ2) is 10.6. The average Bonchev–Trinajstić information content (AvgIpc) is 3.49. The quantitative estimate of drug-likeness (QED) is 0.248. The van der Waals surface area contributed by atoms with Gasteiger partial charge in [-0.3, -0.25) is 0 Å². The van der Waals surface area contributed by atoms with Crippen molar-refractivity contribution < 1.29 is 0 Å². The highest BCUT2D eigenvalue weighted by Crippen LogP contribution is 2.33. The van der Waals surface area contributed by atoms with Crippen molar-refractivity contribution in [2.24, 2.45) is 5.73 Å². The molecule has 0 aliphatic heterocycles. The van der Waals surface area contributed by atoms with Crippen LogP contribution >= 0.6 is 11.3 Å². The van der Waals surface area contributed by atoms with Gasteiger partial charge in [0.1, 0.15) is 11.3 Å². The maximum absolute atomic E-state index is 6.31. The van der Waals surface area contributed by atoms with Gasteiger partial charge in [0, 0.05) is 32.6 Å². The number of thiophene rings is 1. The maximum atomic E-state index is 6.31. The first-order valence-corrected chi connectivity index (χ1v) is 13.1. The van der Waals surface area contributed by atoms with Crippen LogP contribution in [-0.2, 0) is 32.6 Å². The van der Waals surface area contributed by atoms with Crippen molar-refractivity contribution in [1.29, 1.82) is 0 Å². The Balaban J connectivity index is 1.33. The molecule has 3 heterocycles. The van der Waals surface area contributed by atoms with Gasteiger partial charge in [0.05, 0.1) is 15.7 Å². The number of nitrogen functional groups attached to an aromatic ring is 1. The fourth-order valence-corrected chi connectivity index (χ4v) is 5.33. The number of benzene rings is 2. The number of pyridine rings is 1. The highest BCUT2D eigenvalue weighted by molar-refractivity contribution is 7.18. The van der Waals surface area contributed by atoms with E-state index in [0.717, 1.165) is 71.5 Å². The van der Waals surface area contributed by atoms with Gasteiger partial charge in [-0.2, -0.15) is 0 Å². The Hall–Kier alpha value is -3.26. The molecule has 180 valence electrons. The number of rotatable bonds is 10. The van der Waals surface area contributed by atoms with Crippen molar-refractivity contribution in [1.82, 2.24) is 19.9 Å². The Morgan fingerprint density at radius 3 is 2.20 bits per heavy atom. The lowest BCUT2D eigenvalue weighted by Gasteiger charge is -2.11. The standard InChI is InChI=1S/C28H32N6S/c1-2-3-4-24-33-25-26(27-23(13-14-35-27)32-28(25)30)34(24)18-22-11-9-21(10-12-22)17-31-16-20-7-5-19(15-29)6-8-20/h5-14,31H,2-4,15-18,29H2,1H3,(H2,30,32). The Morgan fingerprint density at radius 1 is 0.886 bits per heavy atom. The zero-order valence-electron chi connectivity index (χ0n) is 20.1. The molecule has 0 spiro atoms. The number of aromatic nitrogens is 3. The van der Waals surface area contributed by atoms with Gasteiger partial charge in [-0.25, -0.2) is 9.97 Å². The number of aryl methyl sites for hydroxylation is 1. The lowest BCUT2D eigenvalue weighted by atomic mass is 10.1. The number of hydrogen-bond donors (Lipinski definition) is 3. The molecule has 7 heteroatoms. The minimum atomic E-state index is 0.515. The lowest BCUT2D eigenvalue weighted by Crippen LogP contribution is -2.13. The molecule has 3 aromatic heterocycles. The topological polar surface area (TPSA) is 94.8 Å². The van der Waals surface area contributed by atoms with Crippen LogP contribution in [0.15, 0.2) is 60.0 Å². The van der Waals surface area contributed by atoms with Crippen molar-refractivity contribution in [2.75, 3.05) is 5.73 Å². The molecular weight excluding hydrogens is 452 g/mol. The summed E-state index contributed by atoms with van der Waals surface area (Å²) in [4.78, 5) is 9.51. The third-order valence-electron chi connectivity index (χ3n) is 6.42. The van der Waals surface area contributed by atoms with E-state index in [4.69, 9.17) is 16.5 Å². The molecule has 0 unspecified atom stereocenters. The Morgan fingerprint density at radius 2 is 1.54 bits per heavy atom. The molecular formula is C28H32N6S. The molecule has 5 rings (SSSR count). The summed E-state index contributed by atoms with van der Waals surface area (Å²) < 4.78 is 3.50. The van der Waals surface area contributed by atoms with E-state index >= 15 is 0 Å². The number of imidazole rings is 1. The van der Waals surface area contributed by atoms with Gasteiger partial charge in [0.25, 0.3) is 0 Å². The summed E-state index contributed by atoms with van der Waals surface area (Å²) in [6.07, 6.45) is 3.17. The molecule has 5 N–H and O–H groups in total. The number of fused-ring (bicyclic) bond motifs is 3. The number of nitrogens with one attached hydrogen (secondary N) is 1. The van der Waals surface area contributed by atoms with Crippen LogP contribution in [0, 0.1) is 0 Å². The zero-order valence-corrected chi connectivity index (χ0v) is 20.9. The highest BCUT2D eigenvalue weighted by Gasteiger charge is 2.18. The third kappa shape index (κ3) is 5.07. The highest BCUT2D eigenvalue weighted by atomic mass is 32.1. The largest absolute Gasteiger partial charge is 0.382 e. The van der Waals surface area contributed by atoms with Gasteiger partial charge in [0.2, 0.25) is 0 Å². The molecule has 0 amide bonds. The van der Waals surface area contributed by atoms with Crippen LogP contribution in [0.4, 0.5) is 5.82 Å².